The van der Waals surface area contributed by atoms with Crippen molar-refractivity contribution in [3.8, 4) is 0 Å². The molecule has 2 N–H and O–H groups in total. The Kier molecular flexibility index (Phi) is 4.36. The van der Waals surface area contributed by atoms with Crippen LogP contribution >= 0.6 is 0 Å². The lowest BCUT2D eigenvalue weighted by Crippen LogP contribution is -2.61. The van der Waals surface area contributed by atoms with E-state index in [1.807, 2.05) is 44.2 Å². The molecule has 2 heterocycles. The fourth-order valence-corrected chi connectivity index (χ4v) is 6.20. The minimum absolute atomic E-state index is 0.131. The smallest absolute Gasteiger partial charge is 0.196 e. The summed E-state index contributed by atoms with van der Waals surface area (Å²) >= 11 is 0. The standard InChI is InChI=1S/C28H27NO4/c1-4-11-28-13-21(33-15(3)27(28)32)18-9-10-20-23(24(18)29-28)26(31)19-8-6-16-12-14(2)5-7-17(16)22(19)25(20)30/h5-10,12,15,21,27,29,32H,4,11,13H2,1-3H3/t15-,21?,27-,28+/m1/s1. The molecule has 5 heteroatoms. The molecule has 4 atom stereocenters. The molecule has 168 valence electrons. The molecule has 33 heavy (non-hydrogen) atoms. The number of aliphatic hydroxyl groups excluding tert-OH is 1. The van der Waals surface area contributed by atoms with Crippen molar-refractivity contribution < 1.29 is 19.4 Å². The number of hydrogen-bond acceptors (Lipinski definition) is 5. The Morgan fingerprint density at radius 1 is 1.06 bits per heavy atom. The number of carbonyl (C=O) groups excluding carboxylic acids is 2. The summed E-state index contributed by atoms with van der Waals surface area (Å²) in [7, 11) is 0. The fraction of sp³-hybridized carbons (Fsp3) is 0.357. The van der Waals surface area contributed by atoms with Gasteiger partial charge in [-0.15, -0.1) is 0 Å². The summed E-state index contributed by atoms with van der Waals surface area (Å²) in [5, 5.41) is 16.4. The van der Waals surface area contributed by atoms with Gasteiger partial charge in [0.05, 0.1) is 29.0 Å². The van der Waals surface area contributed by atoms with Crippen LogP contribution < -0.4 is 5.32 Å². The van der Waals surface area contributed by atoms with Gasteiger partial charge in [0.2, 0.25) is 0 Å². The summed E-state index contributed by atoms with van der Waals surface area (Å²) in [5.74, 6) is -0.283. The number of benzene rings is 3. The number of fused-ring (bicyclic) bond motifs is 9. The van der Waals surface area contributed by atoms with Crippen LogP contribution in [0.2, 0.25) is 0 Å². The Morgan fingerprint density at radius 3 is 2.58 bits per heavy atom. The minimum atomic E-state index is -0.702. The number of anilines is 1. The first-order chi connectivity index (χ1) is 15.8. The van der Waals surface area contributed by atoms with Gasteiger partial charge in [0.1, 0.15) is 6.10 Å². The largest absolute Gasteiger partial charge is 0.388 e. The number of nitrogens with one attached hydrogen (secondary N) is 1. The average Bonchev–Trinajstić information content (AvgIpc) is 2.80. The Hall–Kier alpha value is -3.02. The minimum Gasteiger partial charge on any atom is -0.388 e. The molecule has 1 saturated heterocycles. The van der Waals surface area contributed by atoms with Gasteiger partial charge in [-0.25, -0.2) is 0 Å². The van der Waals surface area contributed by atoms with E-state index < -0.39 is 11.6 Å². The summed E-state index contributed by atoms with van der Waals surface area (Å²) in [6, 6.07) is 13.3. The lowest BCUT2D eigenvalue weighted by Gasteiger charge is -2.53. The van der Waals surface area contributed by atoms with Crippen LogP contribution in [-0.2, 0) is 4.74 Å². The molecule has 3 aromatic rings. The average molecular weight is 442 g/mol. The maximum atomic E-state index is 13.9. The van der Waals surface area contributed by atoms with E-state index in [2.05, 4.69) is 12.2 Å². The van der Waals surface area contributed by atoms with Crippen molar-refractivity contribution in [3.63, 3.8) is 0 Å². The first kappa shape index (κ1) is 20.6. The molecule has 0 amide bonds. The number of hydrogen-bond donors (Lipinski definition) is 2. The molecule has 1 unspecified atom stereocenters. The highest BCUT2D eigenvalue weighted by Gasteiger charge is 2.52. The van der Waals surface area contributed by atoms with Gasteiger partial charge in [-0.2, -0.15) is 0 Å². The second kappa shape index (κ2) is 6.99. The zero-order chi connectivity index (χ0) is 23.1. The van der Waals surface area contributed by atoms with E-state index in [0.717, 1.165) is 34.7 Å². The zero-order valence-electron chi connectivity index (χ0n) is 19.1. The highest BCUT2D eigenvalue weighted by atomic mass is 16.5. The summed E-state index contributed by atoms with van der Waals surface area (Å²) in [6.07, 6.45) is 1.03. The van der Waals surface area contributed by atoms with Crippen LogP contribution in [0.1, 0.15) is 82.2 Å². The van der Waals surface area contributed by atoms with Crippen molar-refractivity contribution in [2.75, 3.05) is 5.32 Å². The molecular formula is C28H27NO4. The summed E-state index contributed by atoms with van der Waals surface area (Å²) in [4.78, 5) is 27.6. The third kappa shape index (κ3) is 2.73. The van der Waals surface area contributed by atoms with Gasteiger partial charge in [0, 0.05) is 28.7 Å². The van der Waals surface area contributed by atoms with E-state index in [4.69, 9.17) is 4.74 Å². The fourth-order valence-electron chi connectivity index (χ4n) is 6.20. The molecule has 0 spiro atoms. The van der Waals surface area contributed by atoms with E-state index in [0.29, 0.717) is 34.4 Å². The van der Waals surface area contributed by atoms with Crippen LogP contribution in [0.25, 0.3) is 10.8 Å². The predicted molar refractivity (Wildman–Crippen MR) is 127 cm³/mol. The van der Waals surface area contributed by atoms with Crippen molar-refractivity contribution in [1.82, 2.24) is 0 Å². The van der Waals surface area contributed by atoms with Crippen LogP contribution in [0.5, 0.6) is 0 Å². The van der Waals surface area contributed by atoms with E-state index >= 15 is 0 Å². The number of ether oxygens (including phenoxy) is 1. The SMILES string of the molecule is CCC[C@]12CC(O[C@H](C)[C@H]1O)c1ccc3c(c1N2)C(=O)c1ccc2cc(C)ccc2c1C3=O. The summed E-state index contributed by atoms with van der Waals surface area (Å²) < 4.78 is 6.17. The van der Waals surface area contributed by atoms with Gasteiger partial charge < -0.3 is 15.2 Å². The monoisotopic (exact) mass is 441 g/mol. The lowest BCUT2D eigenvalue weighted by molar-refractivity contribution is -0.147. The molecule has 0 saturated carbocycles. The number of carbonyl (C=O) groups is 2. The van der Waals surface area contributed by atoms with E-state index in [9.17, 15) is 14.7 Å². The molecule has 3 aliphatic rings. The topological polar surface area (TPSA) is 75.6 Å². The second-order valence-electron chi connectivity index (χ2n) is 9.83. The molecule has 1 fully saturated rings. The second-order valence-corrected chi connectivity index (χ2v) is 9.83. The van der Waals surface area contributed by atoms with Gasteiger partial charge in [-0.3, -0.25) is 9.59 Å². The Balaban J connectivity index is 1.57. The van der Waals surface area contributed by atoms with Crippen LogP contribution in [0, 0.1) is 6.92 Å². The van der Waals surface area contributed by atoms with E-state index in [1.165, 1.54) is 0 Å². The van der Waals surface area contributed by atoms with Gasteiger partial charge in [-0.1, -0.05) is 49.2 Å². The Bertz CT molecular complexity index is 1360. The molecule has 0 radical (unpaired) electrons. The third-order valence-electron chi connectivity index (χ3n) is 7.71. The molecule has 0 aromatic heterocycles. The zero-order valence-corrected chi connectivity index (χ0v) is 19.1. The molecular weight excluding hydrogens is 414 g/mol. The van der Waals surface area contributed by atoms with Crippen molar-refractivity contribution in [1.29, 1.82) is 0 Å². The van der Waals surface area contributed by atoms with Crippen molar-refractivity contribution in [2.45, 2.75) is 63.9 Å². The molecule has 6 rings (SSSR count). The third-order valence-corrected chi connectivity index (χ3v) is 7.71. The van der Waals surface area contributed by atoms with E-state index in [-0.39, 0.29) is 23.8 Å². The van der Waals surface area contributed by atoms with Crippen molar-refractivity contribution >= 4 is 28.0 Å². The van der Waals surface area contributed by atoms with E-state index in [1.54, 1.807) is 12.1 Å². The first-order valence-corrected chi connectivity index (χ1v) is 11.8. The normalized spacial score (nSPS) is 27.6. The number of aryl methyl sites for hydroxylation is 1. The van der Waals surface area contributed by atoms with Gasteiger partial charge >= 0.3 is 0 Å². The molecule has 5 nitrogen and oxygen atoms in total. The van der Waals surface area contributed by atoms with Crippen LogP contribution in [0.4, 0.5) is 5.69 Å². The van der Waals surface area contributed by atoms with Crippen LogP contribution in [-0.4, -0.2) is 34.4 Å². The molecule has 1 aliphatic carbocycles. The quantitative estimate of drug-likeness (QED) is 0.453. The summed E-state index contributed by atoms with van der Waals surface area (Å²) in [6.45, 7) is 6.00. The molecule has 2 aliphatic heterocycles. The highest BCUT2D eigenvalue weighted by molar-refractivity contribution is 6.33. The molecule has 2 bridgehead atoms. The van der Waals surface area contributed by atoms with Crippen molar-refractivity contribution in [3.05, 3.63) is 75.8 Å². The Morgan fingerprint density at radius 2 is 1.79 bits per heavy atom. The van der Waals surface area contributed by atoms with Gasteiger partial charge in [0.15, 0.2) is 11.6 Å². The first-order valence-electron chi connectivity index (χ1n) is 11.8. The maximum absolute atomic E-state index is 13.9. The maximum Gasteiger partial charge on any atom is 0.196 e. The van der Waals surface area contributed by atoms with Crippen LogP contribution in [0.3, 0.4) is 0 Å². The summed E-state index contributed by atoms with van der Waals surface area (Å²) in [5.41, 5.74) is 3.81. The van der Waals surface area contributed by atoms with Gasteiger partial charge in [0.25, 0.3) is 0 Å². The van der Waals surface area contributed by atoms with Crippen LogP contribution in [0.15, 0.2) is 42.5 Å². The highest BCUT2D eigenvalue weighted by Crippen LogP contribution is 2.51. The predicted octanol–water partition coefficient (Wildman–Crippen LogP) is 5.10. The number of aliphatic hydroxyl groups is 1. The molecule has 3 aromatic carbocycles. The van der Waals surface area contributed by atoms with Gasteiger partial charge in [-0.05, 0) is 43.2 Å². The number of rotatable bonds is 2. The number of ketones is 2. The van der Waals surface area contributed by atoms with Crippen molar-refractivity contribution in [2.24, 2.45) is 0 Å². The Labute approximate surface area is 192 Å². The lowest BCUT2D eigenvalue weighted by atomic mass is 9.71.